The second kappa shape index (κ2) is 10.6. The second-order valence-corrected chi connectivity index (χ2v) is 10.1. The lowest BCUT2D eigenvalue weighted by Crippen LogP contribution is -2.34. The minimum atomic E-state index is -0.136. The molecule has 2 atom stereocenters. The fraction of sp³-hybridized carbons (Fsp3) is 0.393. The zero-order valence-electron chi connectivity index (χ0n) is 21.8. The Bertz CT molecular complexity index is 1550. The molecule has 200 valence electrons. The number of benzene rings is 2. The number of halogens is 1. The molecule has 38 heavy (non-hydrogen) atoms. The predicted molar refractivity (Wildman–Crippen MR) is 145 cm³/mol. The Morgan fingerprint density at radius 3 is 2.55 bits per heavy atom. The van der Waals surface area contributed by atoms with Crippen molar-refractivity contribution in [2.24, 2.45) is 5.92 Å². The number of aryl methyl sites for hydroxylation is 1. The standard InChI is InChI=1S/C28H30ClN3O6/c1-15-24-26(31-38-15)25-19(29)6-5-7-20(25)32(28(24)34)14-16-8-9-18(10-16)30-23(33)13-17-11-21(35-2)27(37-4)22(12-17)36-3/h5-7,11-12,16,18H,8-10,13-14H2,1-4H3,(H,30,33)/t16-,18?/m0/s1. The summed E-state index contributed by atoms with van der Waals surface area (Å²) in [6, 6.07) is 9.10. The van der Waals surface area contributed by atoms with Crippen LogP contribution in [-0.2, 0) is 17.8 Å². The number of ether oxygens (including phenoxy) is 3. The van der Waals surface area contributed by atoms with Crippen molar-refractivity contribution in [1.29, 1.82) is 0 Å². The van der Waals surface area contributed by atoms with Gasteiger partial charge in [-0.05, 0) is 61.9 Å². The smallest absolute Gasteiger partial charge is 0.264 e. The van der Waals surface area contributed by atoms with E-state index in [4.69, 9.17) is 30.3 Å². The molecule has 1 amide bonds. The van der Waals surface area contributed by atoms with Gasteiger partial charge in [-0.25, -0.2) is 0 Å². The van der Waals surface area contributed by atoms with E-state index in [0.717, 1.165) is 30.3 Å². The molecule has 2 aromatic carbocycles. The third kappa shape index (κ3) is 4.67. The lowest BCUT2D eigenvalue weighted by molar-refractivity contribution is -0.121. The van der Waals surface area contributed by atoms with Crippen LogP contribution in [0.2, 0.25) is 5.02 Å². The minimum absolute atomic E-state index is 0.0288. The third-order valence-electron chi connectivity index (χ3n) is 7.28. The Morgan fingerprint density at radius 1 is 1.13 bits per heavy atom. The van der Waals surface area contributed by atoms with Gasteiger partial charge in [0.15, 0.2) is 11.5 Å². The molecule has 4 aromatic rings. The van der Waals surface area contributed by atoms with Crippen LogP contribution >= 0.6 is 11.6 Å². The number of amides is 1. The number of rotatable bonds is 8. The van der Waals surface area contributed by atoms with Crippen LogP contribution in [0.5, 0.6) is 17.2 Å². The quantitative estimate of drug-likeness (QED) is 0.347. The van der Waals surface area contributed by atoms with E-state index in [1.165, 1.54) is 0 Å². The van der Waals surface area contributed by atoms with Gasteiger partial charge in [0.2, 0.25) is 11.7 Å². The second-order valence-electron chi connectivity index (χ2n) is 9.67. The molecule has 10 heteroatoms. The molecule has 9 nitrogen and oxygen atoms in total. The first-order valence-corrected chi connectivity index (χ1v) is 12.9. The number of aromatic nitrogens is 2. The molecule has 1 saturated carbocycles. The molecule has 1 unspecified atom stereocenters. The lowest BCUT2D eigenvalue weighted by atomic mass is 10.1. The van der Waals surface area contributed by atoms with E-state index in [2.05, 4.69) is 10.5 Å². The molecule has 2 heterocycles. The number of hydrogen-bond donors (Lipinski definition) is 1. The molecule has 1 N–H and O–H groups in total. The normalized spacial score (nSPS) is 17.2. The van der Waals surface area contributed by atoms with Crippen molar-refractivity contribution in [3.63, 3.8) is 0 Å². The molecule has 1 aliphatic carbocycles. The van der Waals surface area contributed by atoms with E-state index in [-0.39, 0.29) is 29.8 Å². The maximum atomic E-state index is 13.5. The van der Waals surface area contributed by atoms with E-state index in [1.54, 1.807) is 51.0 Å². The van der Waals surface area contributed by atoms with E-state index >= 15 is 0 Å². The summed E-state index contributed by atoms with van der Waals surface area (Å²) in [4.78, 5) is 26.4. The maximum Gasteiger partial charge on any atom is 0.264 e. The van der Waals surface area contributed by atoms with Gasteiger partial charge < -0.3 is 28.6 Å². The Hall–Kier alpha value is -3.72. The molecule has 2 aromatic heterocycles. The van der Waals surface area contributed by atoms with Crippen LogP contribution in [0, 0.1) is 12.8 Å². The molecular formula is C28H30ClN3O6. The number of pyridine rings is 1. The molecule has 0 spiro atoms. The van der Waals surface area contributed by atoms with Gasteiger partial charge in [0.25, 0.3) is 5.56 Å². The largest absolute Gasteiger partial charge is 0.493 e. The van der Waals surface area contributed by atoms with Crippen molar-refractivity contribution in [2.45, 2.75) is 45.2 Å². The van der Waals surface area contributed by atoms with Crippen molar-refractivity contribution in [2.75, 3.05) is 21.3 Å². The number of hydrogen-bond acceptors (Lipinski definition) is 7. The SMILES string of the molecule is COc1cc(CC(=O)NC2CC[C@H](Cn3c(=O)c4c(C)onc4c4c(Cl)cccc43)C2)cc(OC)c1OC. The Morgan fingerprint density at radius 2 is 1.87 bits per heavy atom. The summed E-state index contributed by atoms with van der Waals surface area (Å²) in [7, 11) is 4.63. The monoisotopic (exact) mass is 539 g/mol. The van der Waals surface area contributed by atoms with Crippen molar-refractivity contribution >= 4 is 39.3 Å². The Balaban J connectivity index is 1.31. The maximum absolute atomic E-state index is 13.5. The number of carbonyl (C=O) groups excluding carboxylic acids is 1. The van der Waals surface area contributed by atoms with Gasteiger partial charge in [0.1, 0.15) is 16.7 Å². The lowest BCUT2D eigenvalue weighted by Gasteiger charge is -2.17. The van der Waals surface area contributed by atoms with Crippen LogP contribution in [-0.4, -0.2) is 43.0 Å². The van der Waals surface area contributed by atoms with E-state index < -0.39 is 0 Å². The van der Waals surface area contributed by atoms with Gasteiger partial charge in [0.05, 0.1) is 38.3 Å². The zero-order valence-corrected chi connectivity index (χ0v) is 22.6. The van der Waals surface area contributed by atoms with Crippen LogP contribution < -0.4 is 25.1 Å². The van der Waals surface area contributed by atoms with Gasteiger partial charge in [-0.1, -0.05) is 22.8 Å². The molecule has 0 aliphatic heterocycles. The first kappa shape index (κ1) is 25.9. The van der Waals surface area contributed by atoms with Gasteiger partial charge in [0, 0.05) is 18.0 Å². The summed E-state index contributed by atoms with van der Waals surface area (Å²) in [6.07, 6.45) is 2.69. The highest BCUT2D eigenvalue weighted by atomic mass is 35.5. The van der Waals surface area contributed by atoms with Crippen LogP contribution in [0.3, 0.4) is 0 Å². The van der Waals surface area contributed by atoms with Gasteiger partial charge >= 0.3 is 0 Å². The summed E-state index contributed by atoms with van der Waals surface area (Å²) < 4.78 is 23.3. The van der Waals surface area contributed by atoms with E-state index in [0.29, 0.717) is 50.9 Å². The van der Waals surface area contributed by atoms with Crippen LogP contribution in [0.15, 0.2) is 39.6 Å². The number of fused-ring (bicyclic) bond motifs is 3. The van der Waals surface area contributed by atoms with Crippen LogP contribution in [0.1, 0.15) is 30.6 Å². The Kier molecular flexibility index (Phi) is 7.21. The van der Waals surface area contributed by atoms with Crippen molar-refractivity contribution in [3.8, 4) is 17.2 Å². The summed E-state index contributed by atoms with van der Waals surface area (Å²) in [5, 5.41) is 8.96. The number of nitrogens with one attached hydrogen (secondary N) is 1. The third-order valence-corrected chi connectivity index (χ3v) is 7.59. The number of methoxy groups -OCH3 is 3. The first-order chi connectivity index (χ1) is 18.3. The highest BCUT2D eigenvalue weighted by Crippen LogP contribution is 2.38. The molecule has 0 radical (unpaired) electrons. The topological polar surface area (TPSA) is 105 Å². The summed E-state index contributed by atoms with van der Waals surface area (Å²) in [6.45, 7) is 2.26. The van der Waals surface area contributed by atoms with Crippen molar-refractivity contribution in [3.05, 3.63) is 57.0 Å². The Labute approximate surface area is 224 Å². The molecule has 1 fully saturated rings. The van der Waals surface area contributed by atoms with Crippen molar-refractivity contribution < 1.29 is 23.5 Å². The number of nitrogens with zero attached hydrogens (tertiary/aromatic N) is 2. The summed E-state index contributed by atoms with van der Waals surface area (Å²) in [5.74, 6) is 2.12. The molecule has 0 bridgehead atoms. The van der Waals surface area contributed by atoms with Crippen LogP contribution in [0.4, 0.5) is 0 Å². The zero-order chi connectivity index (χ0) is 27.0. The highest BCUT2D eigenvalue weighted by Gasteiger charge is 2.28. The molecular weight excluding hydrogens is 510 g/mol. The molecule has 5 rings (SSSR count). The van der Waals surface area contributed by atoms with Gasteiger partial charge in [-0.15, -0.1) is 0 Å². The first-order valence-electron chi connectivity index (χ1n) is 12.5. The average molecular weight is 540 g/mol. The molecule has 1 aliphatic rings. The average Bonchev–Trinajstić information content (AvgIpc) is 3.51. The summed E-state index contributed by atoms with van der Waals surface area (Å²) in [5.41, 5.74) is 1.85. The van der Waals surface area contributed by atoms with E-state index in [9.17, 15) is 9.59 Å². The minimum Gasteiger partial charge on any atom is -0.493 e. The fourth-order valence-corrected chi connectivity index (χ4v) is 5.78. The predicted octanol–water partition coefficient (Wildman–Crippen LogP) is 4.66. The fourth-order valence-electron chi connectivity index (χ4n) is 5.52. The molecule has 0 saturated heterocycles. The van der Waals surface area contributed by atoms with Gasteiger partial charge in [-0.3, -0.25) is 9.59 Å². The van der Waals surface area contributed by atoms with Crippen LogP contribution in [0.25, 0.3) is 21.8 Å². The summed E-state index contributed by atoms with van der Waals surface area (Å²) >= 11 is 6.52. The van der Waals surface area contributed by atoms with Crippen molar-refractivity contribution in [1.82, 2.24) is 15.0 Å². The van der Waals surface area contributed by atoms with E-state index in [1.807, 2.05) is 12.1 Å². The number of carbonyl (C=O) groups is 1. The van der Waals surface area contributed by atoms with Gasteiger partial charge in [-0.2, -0.15) is 0 Å². The highest BCUT2D eigenvalue weighted by molar-refractivity contribution is 6.37.